The Hall–Kier alpha value is -3.02. The maximum absolute atomic E-state index is 14.2. The zero-order valence-corrected chi connectivity index (χ0v) is 16.4. The molecule has 1 unspecified atom stereocenters. The van der Waals surface area contributed by atoms with Crippen molar-refractivity contribution in [1.82, 2.24) is 20.6 Å². The molecule has 1 fully saturated rings. The highest BCUT2D eigenvalue weighted by Crippen LogP contribution is 2.43. The molecule has 0 saturated carbocycles. The molecule has 0 spiro atoms. The summed E-state index contributed by atoms with van der Waals surface area (Å²) in [5.74, 6) is -3.27. The number of piperazine rings is 1. The van der Waals surface area contributed by atoms with E-state index in [1.165, 1.54) is 18.3 Å². The number of carbonyl (C=O) groups excluding carboxylic acids is 1. The Bertz CT molecular complexity index is 1000. The number of rotatable bonds is 3. The quantitative estimate of drug-likeness (QED) is 0.635. The molecule has 7 nitrogen and oxygen atoms in total. The summed E-state index contributed by atoms with van der Waals surface area (Å²) < 4.78 is 69.6. The highest BCUT2D eigenvalue weighted by Gasteiger charge is 2.47. The molecule has 2 aliphatic rings. The van der Waals surface area contributed by atoms with E-state index in [0.717, 1.165) is 13.0 Å². The fraction of sp³-hybridized carbons (Fsp3) is 0.421. The molecule has 31 heavy (non-hydrogen) atoms. The van der Waals surface area contributed by atoms with Crippen LogP contribution in [0.2, 0.25) is 0 Å². The van der Waals surface area contributed by atoms with Crippen LogP contribution >= 0.6 is 0 Å². The highest BCUT2D eigenvalue weighted by molar-refractivity contribution is 5.94. The molecule has 4 rings (SSSR count). The lowest BCUT2D eigenvalue weighted by Crippen LogP contribution is -2.45. The Morgan fingerprint density at radius 3 is 2.48 bits per heavy atom. The Morgan fingerprint density at radius 2 is 1.84 bits per heavy atom. The van der Waals surface area contributed by atoms with Gasteiger partial charge in [-0.1, -0.05) is 0 Å². The lowest BCUT2D eigenvalue weighted by molar-refractivity contribution is -0.154. The second-order valence-electron chi connectivity index (χ2n) is 7.42. The number of carbonyl (C=O) groups is 1. The number of amides is 2. The van der Waals surface area contributed by atoms with Gasteiger partial charge in [0.2, 0.25) is 0 Å². The van der Waals surface area contributed by atoms with Gasteiger partial charge in [-0.05, 0) is 18.2 Å². The number of hydrogen-bond acceptors (Lipinski definition) is 5. The summed E-state index contributed by atoms with van der Waals surface area (Å²) in [7, 11) is 0. The number of alkyl halides is 5. The molecular weight excluding hydrogens is 423 g/mol. The summed E-state index contributed by atoms with van der Waals surface area (Å²) in [6, 6.07) is 0.200. The van der Waals surface area contributed by atoms with E-state index in [9.17, 15) is 26.7 Å². The third-order valence-electron chi connectivity index (χ3n) is 5.15. The normalized spacial score (nSPS) is 19.5. The van der Waals surface area contributed by atoms with Crippen LogP contribution in [0.15, 0.2) is 24.4 Å². The Balaban J connectivity index is 1.90. The van der Waals surface area contributed by atoms with E-state index in [-0.39, 0.29) is 34.0 Å². The van der Waals surface area contributed by atoms with Crippen molar-refractivity contribution >= 4 is 17.7 Å². The van der Waals surface area contributed by atoms with Crippen LogP contribution in [0.1, 0.15) is 24.1 Å². The molecule has 0 aliphatic carbocycles. The van der Waals surface area contributed by atoms with Crippen molar-refractivity contribution in [1.29, 1.82) is 0 Å². The number of urea groups is 1. The fourth-order valence-electron chi connectivity index (χ4n) is 3.64. The topological polar surface area (TPSA) is 82.2 Å². The maximum Gasteiger partial charge on any atom is 0.413 e. The van der Waals surface area contributed by atoms with Gasteiger partial charge in [0.15, 0.2) is 6.04 Å². The molecule has 4 heterocycles. The van der Waals surface area contributed by atoms with Crippen LogP contribution < -0.4 is 20.9 Å². The molecule has 0 bridgehead atoms. The van der Waals surface area contributed by atoms with Crippen LogP contribution in [-0.4, -0.2) is 48.4 Å². The molecule has 3 N–H and O–H groups in total. The lowest BCUT2D eigenvalue weighted by atomic mass is 9.95. The van der Waals surface area contributed by atoms with Gasteiger partial charge in [0.05, 0.1) is 5.69 Å². The molecule has 12 heteroatoms. The Labute approximate surface area is 174 Å². The number of fused-ring (bicyclic) bond motifs is 1. The van der Waals surface area contributed by atoms with Crippen molar-refractivity contribution in [2.75, 3.05) is 36.4 Å². The third-order valence-corrected chi connectivity index (χ3v) is 5.15. The number of hydrogen-bond donors (Lipinski definition) is 3. The maximum atomic E-state index is 14.2. The first-order valence-electron chi connectivity index (χ1n) is 9.53. The first kappa shape index (κ1) is 21.2. The number of nitrogens with one attached hydrogen (secondary N) is 3. The lowest BCUT2D eigenvalue weighted by Gasteiger charge is -2.31. The van der Waals surface area contributed by atoms with E-state index in [1.54, 1.807) is 4.90 Å². The van der Waals surface area contributed by atoms with Crippen LogP contribution in [0.25, 0.3) is 11.3 Å². The number of anilines is 2. The van der Waals surface area contributed by atoms with Gasteiger partial charge >= 0.3 is 12.2 Å². The van der Waals surface area contributed by atoms with Gasteiger partial charge in [0, 0.05) is 56.0 Å². The van der Waals surface area contributed by atoms with Crippen molar-refractivity contribution in [2.24, 2.45) is 0 Å². The van der Waals surface area contributed by atoms with Gasteiger partial charge in [-0.25, -0.2) is 23.5 Å². The zero-order valence-electron chi connectivity index (χ0n) is 16.4. The van der Waals surface area contributed by atoms with Crippen LogP contribution in [0, 0.1) is 0 Å². The molecule has 0 aromatic carbocycles. The minimum Gasteiger partial charge on any atom is -0.354 e. The first-order chi connectivity index (χ1) is 14.5. The summed E-state index contributed by atoms with van der Waals surface area (Å²) >= 11 is 0. The van der Waals surface area contributed by atoms with Crippen LogP contribution in [0.4, 0.5) is 38.4 Å². The van der Waals surface area contributed by atoms with Gasteiger partial charge < -0.3 is 15.5 Å². The van der Waals surface area contributed by atoms with E-state index in [2.05, 4.69) is 20.6 Å². The highest BCUT2D eigenvalue weighted by atomic mass is 19.4. The smallest absolute Gasteiger partial charge is 0.354 e. The van der Waals surface area contributed by atoms with Gasteiger partial charge in [0.1, 0.15) is 11.6 Å². The van der Waals surface area contributed by atoms with Crippen molar-refractivity contribution < 1.29 is 26.7 Å². The Kier molecular flexibility index (Phi) is 5.20. The van der Waals surface area contributed by atoms with Gasteiger partial charge in [-0.15, -0.1) is 0 Å². The largest absolute Gasteiger partial charge is 0.413 e. The molecule has 2 aromatic rings. The van der Waals surface area contributed by atoms with E-state index in [4.69, 9.17) is 0 Å². The minimum absolute atomic E-state index is 0.0395. The number of nitrogens with zero attached hydrogens (tertiary/aromatic N) is 3. The van der Waals surface area contributed by atoms with E-state index in [1.807, 2.05) is 5.32 Å². The average molecular weight is 442 g/mol. The van der Waals surface area contributed by atoms with E-state index in [0.29, 0.717) is 26.2 Å². The SMILES string of the molecule is CC(F)(F)c1cc(-c2ccnc3c2C(C(F)(F)F)NC(=O)N3)nc(N2CCNCC2)c1. The van der Waals surface area contributed by atoms with Crippen molar-refractivity contribution in [3.8, 4) is 11.3 Å². The van der Waals surface area contributed by atoms with Crippen LogP contribution in [0.3, 0.4) is 0 Å². The molecule has 2 aliphatic heterocycles. The summed E-state index contributed by atoms with van der Waals surface area (Å²) in [4.78, 5) is 21.7. The monoisotopic (exact) mass is 442 g/mol. The van der Waals surface area contributed by atoms with Gasteiger partial charge in [-0.2, -0.15) is 13.2 Å². The third kappa shape index (κ3) is 4.24. The molecule has 2 amide bonds. The second kappa shape index (κ2) is 7.59. The van der Waals surface area contributed by atoms with Crippen LogP contribution in [0.5, 0.6) is 0 Å². The summed E-state index contributed by atoms with van der Waals surface area (Å²) in [6.45, 7) is 3.00. The molecule has 0 radical (unpaired) electrons. The van der Waals surface area contributed by atoms with Crippen molar-refractivity contribution in [2.45, 2.75) is 25.1 Å². The van der Waals surface area contributed by atoms with Crippen LogP contribution in [-0.2, 0) is 5.92 Å². The van der Waals surface area contributed by atoms with Gasteiger partial charge in [-0.3, -0.25) is 5.32 Å². The number of pyridine rings is 2. The predicted molar refractivity (Wildman–Crippen MR) is 103 cm³/mol. The number of halogens is 5. The molecule has 2 aromatic heterocycles. The minimum atomic E-state index is -4.82. The summed E-state index contributed by atoms with van der Waals surface area (Å²) in [5.41, 5.74) is -0.835. The van der Waals surface area contributed by atoms with E-state index < -0.39 is 24.2 Å². The molecular formula is C19H19F5N6O. The summed E-state index contributed by atoms with van der Waals surface area (Å²) in [5, 5.41) is 7.22. The zero-order chi connectivity index (χ0) is 22.4. The molecule has 166 valence electrons. The Morgan fingerprint density at radius 1 is 1.13 bits per heavy atom. The molecule has 1 saturated heterocycles. The molecule has 1 atom stereocenters. The van der Waals surface area contributed by atoms with Crippen molar-refractivity contribution in [3.63, 3.8) is 0 Å². The average Bonchev–Trinajstić information content (AvgIpc) is 2.71. The predicted octanol–water partition coefficient (Wildman–Crippen LogP) is 3.40. The summed E-state index contributed by atoms with van der Waals surface area (Å²) in [6.07, 6.45) is -3.62. The fourth-order valence-corrected chi connectivity index (χ4v) is 3.64. The first-order valence-corrected chi connectivity index (χ1v) is 9.53. The van der Waals surface area contributed by atoms with Gasteiger partial charge in [0.25, 0.3) is 5.92 Å². The number of aromatic nitrogens is 2. The standard InChI is InChI=1S/C19H19F5N6O/c1-18(20,21)10-8-12(27-13(9-10)30-6-4-25-5-7-30)11-2-3-26-16-14(11)15(19(22,23)24)28-17(31)29-16/h2-3,8-9,15,25H,4-7H2,1H3,(H2,26,28,29,31). The second-order valence-corrected chi connectivity index (χ2v) is 7.42. The van der Waals surface area contributed by atoms with Crippen molar-refractivity contribution in [3.05, 3.63) is 35.5 Å². The van der Waals surface area contributed by atoms with E-state index >= 15 is 0 Å².